The van der Waals surface area contributed by atoms with Crippen LogP contribution in [0, 0.1) is 5.92 Å². The van der Waals surface area contributed by atoms with Crippen molar-refractivity contribution in [2.75, 3.05) is 26.3 Å². The molecule has 0 bridgehead atoms. The van der Waals surface area contributed by atoms with Gasteiger partial charge in [-0.05, 0) is 31.1 Å². The van der Waals surface area contributed by atoms with Crippen LogP contribution in [-0.4, -0.2) is 47.8 Å². The van der Waals surface area contributed by atoms with Crippen molar-refractivity contribution >= 4 is 17.7 Å². The molecular weight excluding hydrogens is 280 g/mol. The molecule has 0 atom stereocenters. The topological polar surface area (TPSA) is 69.7 Å². The van der Waals surface area contributed by atoms with Crippen molar-refractivity contribution in [3.05, 3.63) is 29.1 Å². The molecule has 2 N–H and O–H groups in total. The zero-order chi connectivity index (χ0) is 14.9. The molecular formula is C16H20N4O2. The van der Waals surface area contributed by atoms with Crippen molar-refractivity contribution < 1.29 is 9.53 Å². The number of hydrogen-bond donors (Lipinski definition) is 2. The Kier molecular flexibility index (Phi) is 3.56. The zero-order valence-corrected chi connectivity index (χ0v) is 12.5. The fourth-order valence-corrected chi connectivity index (χ4v) is 2.95. The fourth-order valence-electron chi connectivity index (χ4n) is 2.95. The number of carbonyl (C=O) groups excluding carboxylic acids is 1. The molecule has 1 amide bonds. The van der Waals surface area contributed by atoms with Gasteiger partial charge in [0.1, 0.15) is 0 Å². The highest BCUT2D eigenvalue weighted by molar-refractivity contribution is 6.28. The van der Waals surface area contributed by atoms with Gasteiger partial charge in [0.15, 0.2) is 0 Å². The average Bonchev–Trinajstić information content (AvgIpc) is 3.18. The minimum absolute atomic E-state index is 0.0915. The summed E-state index contributed by atoms with van der Waals surface area (Å²) in [6.07, 6.45) is 4.19. The minimum atomic E-state index is -0.0915. The summed E-state index contributed by atoms with van der Waals surface area (Å²) in [5, 5.41) is 4.17. The largest absolute Gasteiger partial charge is 0.379 e. The van der Waals surface area contributed by atoms with Crippen molar-refractivity contribution in [2.45, 2.75) is 19.4 Å². The Morgan fingerprint density at radius 2 is 2.14 bits per heavy atom. The zero-order valence-electron chi connectivity index (χ0n) is 12.5. The molecule has 116 valence electrons. The highest BCUT2D eigenvalue weighted by atomic mass is 16.5. The van der Waals surface area contributed by atoms with E-state index in [4.69, 9.17) is 4.74 Å². The Morgan fingerprint density at radius 1 is 1.32 bits per heavy atom. The Balaban J connectivity index is 1.47. The van der Waals surface area contributed by atoms with E-state index in [9.17, 15) is 4.79 Å². The quantitative estimate of drug-likeness (QED) is 0.819. The second-order valence-electron chi connectivity index (χ2n) is 6.10. The van der Waals surface area contributed by atoms with Crippen LogP contribution in [0.2, 0.25) is 0 Å². The summed E-state index contributed by atoms with van der Waals surface area (Å²) >= 11 is 0. The maximum absolute atomic E-state index is 11.9. The van der Waals surface area contributed by atoms with E-state index in [0.717, 1.165) is 62.8 Å². The highest BCUT2D eigenvalue weighted by Crippen LogP contribution is 2.35. The van der Waals surface area contributed by atoms with Gasteiger partial charge in [0.25, 0.3) is 5.91 Å². The SMILES string of the molecule is O=C1NN=C(C2CC2)C1=Cc1ccc(CN2CCOCC2)[nH]1. The van der Waals surface area contributed by atoms with Gasteiger partial charge in [0.05, 0.1) is 24.5 Å². The van der Waals surface area contributed by atoms with Crippen molar-refractivity contribution in [3.63, 3.8) is 0 Å². The third-order valence-corrected chi connectivity index (χ3v) is 4.33. The van der Waals surface area contributed by atoms with Gasteiger partial charge in [-0.2, -0.15) is 5.10 Å². The number of nitrogens with zero attached hydrogens (tertiary/aromatic N) is 2. The van der Waals surface area contributed by atoms with E-state index in [-0.39, 0.29) is 5.91 Å². The van der Waals surface area contributed by atoms with E-state index in [1.54, 1.807) is 0 Å². The average molecular weight is 300 g/mol. The summed E-state index contributed by atoms with van der Waals surface area (Å²) in [7, 11) is 0. The van der Waals surface area contributed by atoms with E-state index < -0.39 is 0 Å². The first-order valence-electron chi connectivity index (χ1n) is 7.87. The summed E-state index contributed by atoms with van der Waals surface area (Å²) in [6.45, 7) is 4.44. The molecule has 1 saturated heterocycles. The number of amides is 1. The number of hydrogen-bond acceptors (Lipinski definition) is 4. The Hall–Kier alpha value is -1.92. The second kappa shape index (κ2) is 5.70. The predicted octanol–water partition coefficient (Wildman–Crippen LogP) is 1.13. The van der Waals surface area contributed by atoms with Crippen molar-refractivity contribution in [2.24, 2.45) is 11.0 Å². The van der Waals surface area contributed by atoms with Crippen molar-refractivity contribution in [3.8, 4) is 0 Å². The first kappa shape index (κ1) is 13.7. The summed E-state index contributed by atoms with van der Waals surface area (Å²) in [6, 6.07) is 4.11. The number of morpholine rings is 1. The lowest BCUT2D eigenvalue weighted by atomic mass is 10.1. The van der Waals surface area contributed by atoms with Crippen LogP contribution in [-0.2, 0) is 16.1 Å². The number of rotatable bonds is 4. The first-order valence-corrected chi connectivity index (χ1v) is 7.87. The molecule has 6 heteroatoms. The molecule has 2 aliphatic heterocycles. The summed E-state index contributed by atoms with van der Waals surface area (Å²) in [5.74, 6) is 0.374. The third-order valence-electron chi connectivity index (χ3n) is 4.33. The van der Waals surface area contributed by atoms with Gasteiger partial charge < -0.3 is 9.72 Å². The van der Waals surface area contributed by atoms with Crippen LogP contribution in [0.4, 0.5) is 0 Å². The molecule has 0 aromatic carbocycles. The van der Waals surface area contributed by atoms with E-state index in [0.29, 0.717) is 11.5 Å². The highest BCUT2D eigenvalue weighted by Gasteiger charge is 2.35. The monoisotopic (exact) mass is 300 g/mol. The van der Waals surface area contributed by atoms with Crippen LogP contribution in [0.25, 0.3) is 6.08 Å². The number of carbonyl (C=O) groups is 1. The van der Waals surface area contributed by atoms with Crippen molar-refractivity contribution in [1.29, 1.82) is 0 Å². The molecule has 1 aliphatic carbocycles. The van der Waals surface area contributed by atoms with E-state index in [1.807, 2.05) is 12.1 Å². The molecule has 0 unspecified atom stereocenters. The maximum Gasteiger partial charge on any atom is 0.273 e. The van der Waals surface area contributed by atoms with Gasteiger partial charge in [-0.1, -0.05) is 0 Å². The van der Waals surface area contributed by atoms with Crippen LogP contribution >= 0.6 is 0 Å². The van der Waals surface area contributed by atoms with Crippen molar-refractivity contribution in [1.82, 2.24) is 15.3 Å². The second-order valence-corrected chi connectivity index (χ2v) is 6.10. The van der Waals surface area contributed by atoms with Crippen LogP contribution < -0.4 is 5.43 Å². The summed E-state index contributed by atoms with van der Waals surface area (Å²) in [5.41, 5.74) is 6.34. The molecule has 2 fully saturated rings. The van der Waals surface area contributed by atoms with Crippen LogP contribution in [0.15, 0.2) is 22.8 Å². The Labute approximate surface area is 129 Å². The molecule has 1 saturated carbocycles. The normalized spacial score (nSPS) is 24.6. The number of aromatic amines is 1. The van der Waals surface area contributed by atoms with Gasteiger partial charge in [0, 0.05) is 36.9 Å². The van der Waals surface area contributed by atoms with Crippen LogP contribution in [0.5, 0.6) is 0 Å². The molecule has 3 heterocycles. The molecule has 1 aromatic heterocycles. The summed E-state index contributed by atoms with van der Waals surface area (Å²) in [4.78, 5) is 17.7. The number of ether oxygens (including phenoxy) is 1. The Morgan fingerprint density at radius 3 is 2.91 bits per heavy atom. The summed E-state index contributed by atoms with van der Waals surface area (Å²) < 4.78 is 5.36. The van der Waals surface area contributed by atoms with E-state index >= 15 is 0 Å². The Bertz CT molecular complexity index is 636. The lowest BCUT2D eigenvalue weighted by molar-refractivity contribution is -0.116. The molecule has 6 nitrogen and oxygen atoms in total. The predicted molar refractivity (Wildman–Crippen MR) is 83.2 cm³/mol. The van der Waals surface area contributed by atoms with Gasteiger partial charge in [-0.25, -0.2) is 5.43 Å². The lowest BCUT2D eigenvalue weighted by Crippen LogP contribution is -2.35. The molecule has 22 heavy (non-hydrogen) atoms. The van der Waals surface area contributed by atoms with Gasteiger partial charge in [0.2, 0.25) is 0 Å². The molecule has 4 rings (SSSR count). The van der Waals surface area contributed by atoms with Crippen LogP contribution in [0.3, 0.4) is 0 Å². The fraction of sp³-hybridized carbons (Fsp3) is 0.500. The first-order chi connectivity index (χ1) is 10.8. The number of nitrogens with one attached hydrogen (secondary N) is 2. The molecule has 0 radical (unpaired) electrons. The number of aromatic nitrogens is 1. The molecule has 0 spiro atoms. The maximum atomic E-state index is 11.9. The van der Waals surface area contributed by atoms with Gasteiger partial charge in [-0.15, -0.1) is 0 Å². The van der Waals surface area contributed by atoms with E-state index in [1.165, 1.54) is 0 Å². The third kappa shape index (κ3) is 2.84. The smallest absolute Gasteiger partial charge is 0.273 e. The number of H-pyrrole nitrogens is 1. The lowest BCUT2D eigenvalue weighted by Gasteiger charge is -2.25. The molecule has 1 aromatic rings. The van der Waals surface area contributed by atoms with Gasteiger partial charge in [-0.3, -0.25) is 9.69 Å². The standard InChI is InChI=1S/C16H20N4O2/c21-16-14(15(18-19-16)11-1-2-11)9-12-3-4-13(17-12)10-20-5-7-22-8-6-20/h3-4,9,11,17H,1-2,5-8,10H2,(H,19,21). The van der Waals surface area contributed by atoms with Crippen LogP contribution in [0.1, 0.15) is 24.2 Å². The minimum Gasteiger partial charge on any atom is -0.379 e. The number of hydrazone groups is 1. The van der Waals surface area contributed by atoms with Gasteiger partial charge >= 0.3 is 0 Å². The molecule has 3 aliphatic rings. The van der Waals surface area contributed by atoms with E-state index in [2.05, 4.69) is 26.5 Å².